The van der Waals surface area contributed by atoms with E-state index in [4.69, 9.17) is 11.6 Å². The minimum Gasteiger partial charge on any atom is -0.113 e. The molecular formula is C14H10BClS. The van der Waals surface area contributed by atoms with Crippen molar-refractivity contribution in [2.75, 3.05) is 0 Å². The van der Waals surface area contributed by atoms with Gasteiger partial charge in [-0.3, -0.25) is 0 Å². The molecule has 1 aliphatic rings. The molecule has 17 heavy (non-hydrogen) atoms. The van der Waals surface area contributed by atoms with E-state index in [0.717, 1.165) is 17.2 Å². The summed E-state index contributed by atoms with van der Waals surface area (Å²) in [5.41, 5.74) is 2.75. The molecule has 3 rings (SSSR count). The Balaban J connectivity index is 1.99. The summed E-state index contributed by atoms with van der Waals surface area (Å²) in [6.07, 6.45) is 2.20. The lowest BCUT2D eigenvalue weighted by Gasteiger charge is -2.08. The Bertz CT molecular complexity index is 593. The highest BCUT2D eigenvalue weighted by atomic mass is 35.5. The SMILES string of the molecule is Clc1ccccc1Sc1cccc2c1C=CB2. The highest BCUT2D eigenvalue weighted by molar-refractivity contribution is 7.99. The second-order valence-electron chi connectivity index (χ2n) is 3.97. The highest BCUT2D eigenvalue weighted by Crippen LogP contribution is 2.35. The van der Waals surface area contributed by atoms with Crippen molar-refractivity contribution in [2.45, 2.75) is 9.79 Å². The zero-order valence-corrected chi connectivity index (χ0v) is 10.8. The van der Waals surface area contributed by atoms with Crippen molar-refractivity contribution in [1.29, 1.82) is 0 Å². The van der Waals surface area contributed by atoms with Crippen LogP contribution in [0.2, 0.25) is 5.02 Å². The lowest BCUT2D eigenvalue weighted by Crippen LogP contribution is -2.10. The van der Waals surface area contributed by atoms with Crippen LogP contribution in [0.3, 0.4) is 0 Å². The Kier molecular flexibility index (Phi) is 3.00. The maximum absolute atomic E-state index is 6.19. The van der Waals surface area contributed by atoms with E-state index in [2.05, 4.69) is 36.3 Å². The van der Waals surface area contributed by atoms with Gasteiger partial charge in [0.2, 0.25) is 0 Å². The molecule has 1 heterocycles. The molecule has 0 aromatic heterocycles. The molecule has 0 bridgehead atoms. The summed E-state index contributed by atoms with van der Waals surface area (Å²) in [6, 6.07) is 14.4. The van der Waals surface area contributed by atoms with Gasteiger partial charge in [-0.15, -0.1) is 5.98 Å². The zero-order chi connectivity index (χ0) is 11.7. The molecule has 0 N–H and O–H groups in total. The third-order valence-corrected chi connectivity index (χ3v) is 4.43. The van der Waals surface area contributed by atoms with Gasteiger partial charge in [0.1, 0.15) is 0 Å². The molecule has 82 valence electrons. The van der Waals surface area contributed by atoms with Crippen LogP contribution in [0, 0.1) is 0 Å². The lowest BCUT2D eigenvalue weighted by molar-refractivity contribution is 1.40. The second-order valence-corrected chi connectivity index (χ2v) is 5.46. The quantitative estimate of drug-likeness (QED) is 0.741. The fourth-order valence-electron chi connectivity index (χ4n) is 2.00. The molecular weight excluding hydrogens is 246 g/mol. The Labute approximate surface area is 111 Å². The number of fused-ring (bicyclic) bond motifs is 1. The Morgan fingerprint density at radius 1 is 0.941 bits per heavy atom. The second kappa shape index (κ2) is 4.63. The first-order valence-corrected chi connectivity index (χ1v) is 6.75. The molecule has 1 aliphatic heterocycles. The molecule has 2 aromatic rings. The molecule has 0 spiro atoms. The van der Waals surface area contributed by atoms with E-state index >= 15 is 0 Å². The molecule has 0 fully saturated rings. The van der Waals surface area contributed by atoms with Gasteiger partial charge in [0.05, 0.1) is 5.02 Å². The largest absolute Gasteiger partial charge is 0.183 e. The van der Waals surface area contributed by atoms with Gasteiger partial charge >= 0.3 is 0 Å². The predicted molar refractivity (Wildman–Crippen MR) is 77.8 cm³/mol. The van der Waals surface area contributed by atoms with E-state index in [0.29, 0.717) is 0 Å². The number of rotatable bonds is 2. The lowest BCUT2D eigenvalue weighted by atomic mass is 9.73. The number of halogens is 1. The topological polar surface area (TPSA) is 0 Å². The maximum atomic E-state index is 6.19. The standard InChI is InChI=1S/C14H10BClS/c16-12-5-1-2-6-14(12)17-13-7-3-4-11-10(13)8-9-15-11/h1-9,15H. The molecule has 2 aromatic carbocycles. The van der Waals surface area contributed by atoms with Crippen molar-refractivity contribution in [3.8, 4) is 0 Å². The highest BCUT2D eigenvalue weighted by Gasteiger charge is 2.12. The average molecular weight is 257 g/mol. The number of benzene rings is 2. The molecule has 0 unspecified atom stereocenters. The Morgan fingerprint density at radius 2 is 1.76 bits per heavy atom. The van der Waals surface area contributed by atoms with Crippen molar-refractivity contribution < 1.29 is 0 Å². The van der Waals surface area contributed by atoms with Gasteiger partial charge in [-0.1, -0.05) is 59.2 Å². The molecule has 0 aliphatic carbocycles. The minimum atomic E-state index is 0.817. The first-order chi connectivity index (χ1) is 8.34. The molecule has 0 radical (unpaired) electrons. The molecule has 0 amide bonds. The summed E-state index contributed by atoms with van der Waals surface area (Å²) in [4.78, 5) is 2.40. The first-order valence-electron chi connectivity index (χ1n) is 5.55. The third-order valence-electron chi connectivity index (χ3n) is 2.84. The van der Waals surface area contributed by atoms with Crippen molar-refractivity contribution >= 4 is 42.2 Å². The van der Waals surface area contributed by atoms with Gasteiger partial charge in [0.15, 0.2) is 7.28 Å². The van der Waals surface area contributed by atoms with Crippen LogP contribution in [0.5, 0.6) is 0 Å². The summed E-state index contributed by atoms with van der Waals surface area (Å²) in [5, 5.41) is 0.817. The van der Waals surface area contributed by atoms with Gasteiger partial charge in [-0.05, 0) is 23.8 Å². The van der Waals surface area contributed by atoms with Crippen LogP contribution < -0.4 is 5.46 Å². The van der Waals surface area contributed by atoms with Crippen molar-refractivity contribution in [3.63, 3.8) is 0 Å². The van der Waals surface area contributed by atoms with Crippen molar-refractivity contribution in [3.05, 3.63) is 59.0 Å². The number of hydrogen-bond donors (Lipinski definition) is 0. The van der Waals surface area contributed by atoms with E-state index in [9.17, 15) is 0 Å². The van der Waals surface area contributed by atoms with Crippen LogP contribution >= 0.6 is 23.4 Å². The monoisotopic (exact) mass is 256 g/mol. The Morgan fingerprint density at radius 3 is 2.65 bits per heavy atom. The van der Waals surface area contributed by atoms with E-state index in [1.807, 2.05) is 18.2 Å². The summed E-state index contributed by atoms with van der Waals surface area (Å²) < 4.78 is 0. The summed E-state index contributed by atoms with van der Waals surface area (Å²) in [6.45, 7) is 0. The normalized spacial score (nSPS) is 12.3. The first kappa shape index (κ1) is 11.0. The van der Waals surface area contributed by atoms with Gasteiger partial charge in [-0.2, -0.15) is 0 Å². The zero-order valence-electron chi connectivity index (χ0n) is 9.19. The van der Waals surface area contributed by atoms with Crippen LogP contribution in [0.1, 0.15) is 5.56 Å². The fraction of sp³-hybridized carbons (Fsp3) is 0. The van der Waals surface area contributed by atoms with E-state index in [-0.39, 0.29) is 0 Å². The summed E-state index contributed by atoms with van der Waals surface area (Å²) in [5.74, 6) is 2.21. The van der Waals surface area contributed by atoms with Gasteiger partial charge in [-0.25, -0.2) is 0 Å². The van der Waals surface area contributed by atoms with E-state index in [1.54, 1.807) is 11.8 Å². The van der Waals surface area contributed by atoms with E-state index < -0.39 is 0 Å². The predicted octanol–water partition coefficient (Wildman–Crippen LogP) is 3.54. The maximum Gasteiger partial charge on any atom is 0.183 e. The number of hydrogen-bond acceptors (Lipinski definition) is 1. The Hall–Kier alpha value is -1.12. The van der Waals surface area contributed by atoms with Gasteiger partial charge < -0.3 is 0 Å². The molecule has 3 heteroatoms. The van der Waals surface area contributed by atoms with Crippen LogP contribution in [-0.2, 0) is 0 Å². The summed E-state index contributed by atoms with van der Waals surface area (Å²) in [7, 11) is 1.05. The average Bonchev–Trinajstić information content (AvgIpc) is 2.81. The summed E-state index contributed by atoms with van der Waals surface area (Å²) >= 11 is 7.92. The molecule has 0 atom stereocenters. The molecule has 0 saturated carbocycles. The van der Waals surface area contributed by atoms with Crippen LogP contribution in [0.4, 0.5) is 0 Å². The van der Waals surface area contributed by atoms with Gasteiger partial charge in [0.25, 0.3) is 0 Å². The van der Waals surface area contributed by atoms with Gasteiger partial charge in [0, 0.05) is 9.79 Å². The van der Waals surface area contributed by atoms with Crippen molar-refractivity contribution in [2.24, 2.45) is 0 Å². The fourth-order valence-corrected chi connectivity index (χ4v) is 3.25. The smallest absolute Gasteiger partial charge is 0.113 e. The van der Waals surface area contributed by atoms with E-state index in [1.165, 1.54) is 15.9 Å². The molecule has 0 saturated heterocycles. The van der Waals surface area contributed by atoms with Crippen molar-refractivity contribution in [1.82, 2.24) is 0 Å². The van der Waals surface area contributed by atoms with Crippen LogP contribution in [0.15, 0.2) is 58.2 Å². The molecule has 0 nitrogen and oxygen atoms in total. The third kappa shape index (κ3) is 2.15. The van der Waals surface area contributed by atoms with Crippen LogP contribution in [0.25, 0.3) is 6.08 Å². The minimum absolute atomic E-state index is 0.817. The van der Waals surface area contributed by atoms with Crippen LogP contribution in [-0.4, -0.2) is 7.28 Å².